The molecule has 102 valence electrons. The normalized spacial score (nSPS) is 9.84. The van der Waals surface area contributed by atoms with Crippen LogP contribution in [-0.2, 0) is 0 Å². The van der Waals surface area contributed by atoms with E-state index in [1.54, 1.807) is 5.43 Å². The first-order valence-corrected chi connectivity index (χ1v) is 4.94. The van der Waals surface area contributed by atoms with E-state index in [1.165, 1.54) is 19.0 Å². The van der Waals surface area contributed by atoms with E-state index in [0.29, 0.717) is 0 Å². The average molecular weight is 269 g/mol. The molecule has 0 heterocycles. The number of benzene rings is 1. The van der Waals surface area contributed by atoms with Crippen LogP contribution < -0.4 is 16.2 Å². The molecule has 3 N–H and O–H groups in total. The molecule has 1 aromatic rings. The number of nitro benzene ring substituents is 2. The topological polar surface area (TPSA) is 145 Å². The highest BCUT2D eigenvalue weighted by molar-refractivity contribution is 5.97. The third-order valence-electron chi connectivity index (χ3n) is 2.30. The molecule has 0 radical (unpaired) electrons. The average Bonchev–Trinajstić information content (AvgIpc) is 2.35. The molecule has 1 aromatic carbocycles. The number of hydrazine groups is 1. The Morgan fingerprint density at radius 1 is 1.21 bits per heavy atom. The maximum atomic E-state index is 11.3. The van der Waals surface area contributed by atoms with E-state index in [9.17, 15) is 25.0 Å². The van der Waals surface area contributed by atoms with Gasteiger partial charge < -0.3 is 4.90 Å². The van der Waals surface area contributed by atoms with Gasteiger partial charge in [-0.25, -0.2) is 5.84 Å². The summed E-state index contributed by atoms with van der Waals surface area (Å²) in [5.41, 5.74) is 0.228. The van der Waals surface area contributed by atoms with Crippen LogP contribution in [-0.4, -0.2) is 29.8 Å². The van der Waals surface area contributed by atoms with E-state index in [0.717, 1.165) is 12.1 Å². The molecule has 0 unspecified atom stereocenters. The van der Waals surface area contributed by atoms with Crippen LogP contribution in [0.25, 0.3) is 0 Å². The lowest BCUT2D eigenvalue weighted by Gasteiger charge is -2.13. The fourth-order valence-corrected chi connectivity index (χ4v) is 1.56. The van der Waals surface area contributed by atoms with E-state index in [4.69, 9.17) is 5.84 Å². The Kier molecular flexibility index (Phi) is 3.97. The zero-order chi connectivity index (χ0) is 14.7. The summed E-state index contributed by atoms with van der Waals surface area (Å²) in [6, 6.07) is 1.87. The molecular formula is C9H11N5O5. The molecule has 1 rings (SSSR count). The van der Waals surface area contributed by atoms with Gasteiger partial charge in [-0.3, -0.25) is 30.4 Å². The number of carbonyl (C=O) groups is 1. The first-order chi connectivity index (χ1) is 8.79. The lowest BCUT2D eigenvalue weighted by molar-refractivity contribution is -0.392. The number of nitrogens with zero attached hydrogens (tertiary/aromatic N) is 3. The van der Waals surface area contributed by atoms with Gasteiger partial charge in [-0.1, -0.05) is 0 Å². The minimum absolute atomic E-state index is 0.191. The number of carbonyl (C=O) groups excluding carboxylic acids is 1. The number of hydrogen-bond donors (Lipinski definition) is 2. The summed E-state index contributed by atoms with van der Waals surface area (Å²) in [7, 11) is 2.86. The lowest BCUT2D eigenvalue weighted by atomic mass is 10.1. The SMILES string of the molecule is CN(C)c1c([N+](=O)[O-])cc(C(=O)NN)cc1[N+](=O)[O-]. The summed E-state index contributed by atoms with van der Waals surface area (Å²) in [5, 5.41) is 21.9. The molecular weight excluding hydrogens is 258 g/mol. The molecule has 1 amide bonds. The van der Waals surface area contributed by atoms with Crippen LogP contribution in [0.15, 0.2) is 12.1 Å². The second kappa shape index (κ2) is 5.27. The molecule has 19 heavy (non-hydrogen) atoms. The van der Waals surface area contributed by atoms with E-state index < -0.39 is 27.1 Å². The van der Waals surface area contributed by atoms with Crippen molar-refractivity contribution in [1.82, 2.24) is 5.43 Å². The summed E-state index contributed by atoms with van der Waals surface area (Å²) in [5.74, 6) is 4.05. The highest BCUT2D eigenvalue weighted by Crippen LogP contribution is 2.37. The Bertz CT molecular complexity index is 521. The monoisotopic (exact) mass is 269 g/mol. The molecule has 10 heteroatoms. The molecule has 0 aliphatic heterocycles. The summed E-state index contributed by atoms with van der Waals surface area (Å²) < 4.78 is 0. The number of anilines is 1. The highest BCUT2D eigenvalue weighted by atomic mass is 16.6. The van der Waals surface area contributed by atoms with Crippen molar-refractivity contribution in [2.24, 2.45) is 5.84 Å². The van der Waals surface area contributed by atoms with Crippen LogP contribution in [0.1, 0.15) is 10.4 Å². The highest BCUT2D eigenvalue weighted by Gasteiger charge is 2.29. The second-order valence-electron chi connectivity index (χ2n) is 3.75. The first-order valence-electron chi connectivity index (χ1n) is 4.94. The van der Waals surface area contributed by atoms with Gasteiger partial charge in [-0.05, 0) is 0 Å². The number of nitrogens with one attached hydrogen (secondary N) is 1. The van der Waals surface area contributed by atoms with Crippen molar-refractivity contribution in [1.29, 1.82) is 0 Å². The van der Waals surface area contributed by atoms with Crippen molar-refractivity contribution in [3.8, 4) is 0 Å². The molecule has 0 aliphatic rings. The standard InChI is InChI=1S/C9H11N5O5/c1-12(2)8-6(13(16)17)3-5(9(15)11-10)4-7(8)14(18)19/h3-4H,10H2,1-2H3,(H,11,15). The summed E-state index contributed by atoms with van der Waals surface area (Å²) >= 11 is 0. The minimum Gasteiger partial charge on any atom is -0.366 e. The zero-order valence-electron chi connectivity index (χ0n) is 10.1. The molecule has 0 saturated carbocycles. The van der Waals surface area contributed by atoms with Gasteiger partial charge in [0.05, 0.1) is 15.4 Å². The summed E-state index contributed by atoms with van der Waals surface area (Å²) in [6.45, 7) is 0. The van der Waals surface area contributed by atoms with Crippen molar-refractivity contribution in [2.45, 2.75) is 0 Å². The van der Waals surface area contributed by atoms with Gasteiger partial charge in [0, 0.05) is 26.2 Å². The van der Waals surface area contributed by atoms with Gasteiger partial charge in [-0.15, -0.1) is 0 Å². The van der Waals surface area contributed by atoms with Gasteiger partial charge in [0.1, 0.15) is 0 Å². The third kappa shape index (κ3) is 2.74. The van der Waals surface area contributed by atoms with Gasteiger partial charge in [0.2, 0.25) is 0 Å². The van der Waals surface area contributed by atoms with Crippen molar-refractivity contribution >= 4 is 23.0 Å². The lowest BCUT2D eigenvalue weighted by Crippen LogP contribution is -2.30. The zero-order valence-corrected chi connectivity index (χ0v) is 10.1. The van der Waals surface area contributed by atoms with Crippen LogP contribution in [0.4, 0.5) is 17.1 Å². The Labute approximate surface area is 107 Å². The van der Waals surface area contributed by atoms with Crippen molar-refractivity contribution in [3.05, 3.63) is 37.9 Å². The predicted octanol–water partition coefficient (Wildman–Crippen LogP) is 0.173. The maximum absolute atomic E-state index is 11.3. The number of nitro groups is 2. The van der Waals surface area contributed by atoms with Crippen LogP contribution in [0.2, 0.25) is 0 Å². The van der Waals surface area contributed by atoms with Crippen LogP contribution in [0.5, 0.6) is 0 Å². The Morgan fingerprint density at radius 3 is 1.89 bits per heavy atom. The Balaban J connectivity index is 3.67. The number of hydrogen-bond acceptors (Lipinski definition) is 7. The molecule has 10 nitrogen and oxygen atoms in total. The smallest absolute Gasteiger partial charge is 0.300 e. The fraction of sp³-hybridized carbons (Fsp3) is 0.222. The van der Waals surface area contributed by atoms with Crippen LogP contribution >= 0.6 is 0 Å². The largest absolute Gasteiger partial charge is 0.366 e. The fourth-order valence-electron chi connectivity index (χ4n) is 1.56. The van der Waals surface area contributed by atoms with E-state index in [-0.39, 0.29) is 11.3 Å². The Morgan fingerprint density at radius 2 is 1.63 bits per heavy atom. The molecule has 0 aliphatic carbocycles. The molecule has 0 saturated heterocycles. The maximum Gasteiger partial charge on any atom is 0.300 e. The van der Waals surface area contributed by atoms with Gasteiger partial charge in [-0.2, -0.15) is 0 Å². The minimum atomic E-state index is -0.850. The number of nitrogen functional groups attached to an aromatic ring is 1. The van der Waals surface area contributed by atoms with Crippen molar-refractivity contribution in [2.75, 3.05) is 19.0 Å². The van der Waals surface area contributed by atoms with E-state index >= 15 is 0 Å². The first kappa shape index (κ1) is 14.3. The quantitative estimate of drug-likeness (QED) is 0.343. The van der Waals surface area contributed by atoms with Crippen molar-refractivity contribution < 1.29 is 14.6 Å². The van der Waals surface area contributed by atoms with Gasteiger partial charge in [0.25, 0.3) is 17.3 Å². The molecule has 0 atom stereocenters. The van der Waals surface area contributed by atoms with E-state index in [1.807, 2.05) is 0 Å². The predicted molar refractivity (Wildman–Crippen MR) is 65.7 cm³/mol. The van der Waals surface area contributed by atoms with Crippen molar-refractivity contribution in [3.63, 3.8) is 0 Å². The number of rotatable bonds is 4. The molecule has 0 bridgehead atoms. The number of amides is 1. The molecule has 0 spiro atoms. The third-order valence-corrected chi connectivity index (χ3v) is 2.30. The molecule has 0 fully saturated rings. The van der Waals surface area contributed by atoms with Gasteiger partial charge >= 0.3 is 0 Å². The number of nitrogens with two attached hydrogens (primary N) is 1. The van der Waals surface area contributed by atoms with Crippen LogP contribution in [0, 0.1) is 20.2 Å². The van der Waals surface area contributed by atoms with E-state index in [2.05, 4.69) is 0 Å². The second-order valence-corrected chi connectivity index (χ2v) is 3.75. The summed E-state index contributed by atoms with van der Waals surface area (Å²) in [4.78, 5) is 32.9. The molecule has 0 aromatic heterocycles. The van der Waals surface area contributed by atoms with Crippen LogP contribution in [0.3, 0.4) is 0 Å². The Hall–Kier alpha value is -2.75. The summed E-state index contributed by atoms with van der Waals surface area (Å²) in [6.07, 6.45) is 0. The van der Waals surface area contributed by atoms with Gasteiger partial charge in [0.15, 0.2) is 5.69 Å².